The summed E-state index contributed by atoms with van der Waals surface area (Å²) in [6, 6.07) is 5.84. The van der Waals surface area contributed by atoms with Crippen molar-refractivity contribution in [1.29, 1.82) is 0 Å². The van der Waals surface area contributed by atoms with E-state index in [9.17, 15) is 22.9 Å². The molecule has 2 aromatic heterocycles. The second-order valence-corrected chi connectivity index (χ2v) is 16.6. The molecular formula is C33H39F3N8O5S2. The van der Waals surface area contributed by atoms with Gasteiger partial charge in [0.2, 0.25) is 11.6 Å². The highest BCUT2D eigenvalue weighted by atomic mass is 32.2. The molecule has 3 heterocycles. The third-order valence-electron chi connectivity index (χ3n) is 8.83. The van der Waals surface area contributed by atoms with Crippen LogP contribution in [-0.4, -0.2) is 79.2 Å². The molecular weight excluding hydrogens is 710 g/mol. The summed E-state index contributed by atoms with van der Waals surface area (Å²) < 4.78 is 76.2. The van der Waals surface area contributed by atoms with Gasteiger partial charge in [-0.05, 0) is 103 Å². The van der Waals surface area contributed by atoms with Gasteiger partial charge in [-0.15, -0.1) is 0 Å². The third kappa shape index (κ3) is 8.07. The normalized spacial score (nSPS) is 14.3. The summed E-state index contributed by atoms with van der Waals surface area (Å²) in [6.07, 6.45) is 2.96. The third-order valence-corrected chi connectivity index (χ3v) is 12.2. The van der Waals surface area contributed by atoms with E-state index < -0.39 is 53.1 Å². The summed E-state index contributed by atoms with van der Waals surface area (Å²) in [5.41, 5.74) is -1.17. The van der Waals surface area contributed by atoms with Crippen LogP contribution in [0.5, 0.6) is 5.75 Å². The number of anilines is 3. The largest absolute Gasteiger partial charge is 0.490 e. The van der Waals surface area contributed by atoms with E-state index in [1.807, 2.05) is 6.92 Å². The number of nitrogens with one attached hydrogen (secondary N) is 2. The summed E-state index contributed by atoms with van der Waals surface area (Å²) in [5.74, 6) is -1.44. The zero-order valence-corrected chi connectivity index (χ0v) is 30.6. The molecule has 0 bridgehead atoms. The number of aromatic nitrogens is 4. The summed E-state index contributed by atoms with van der Waals surface area (Å²) in [4.78, 5) is 23.2. The van der Waals surface area contributed by atoms with E-state index in [0.29, 0.717) is 54.3 Å². The molecule has 0 unspecified atom stereocenters. The van der Waals surface area contributed by atoms with Gasteiger partial charge in [0.15, 0.2) is 32.4 Å². The molecule has 0 atom stereocenters. The van der Waals surface area contributed by atoms with Gasteiger partial charge in [0, 0.05) is 30.4 Å². The van der Waals surface area contributed by atoms with Crippen LogP contribution in [0, 0.1) is 40.4 Å². The Morgan fingerprint density at radius 2 is 1.84 bits per heavy atom. The first kappa shape index (κ1) is 37.8. The number of methoxy groups -OCH3 is 1. The van der Waals surface area contributed by atoms with E-state index in [2.05, 4.69) is 44.4 Å². The molecule has 0 aliphatic carbocycles. The molecule has 4 aromatic rings. The van der Waals surface area contributed by atoms with Crippen LogP contribution in [0.15, 0.2) is 51.3 Å². The highest BCUT2D eigenvalue weighted by molar-refractivity contribution is 7.99. The Kier molecular flexibility index (Phi) is 11.2. The van der Waals surface area contributed by atoms with Gasteiger partial charge in [0.05, 0.1) is 32.6 Å². The standard InChI is InChI=1S/C33H39F3N8O5S2/c1-19-15-27(41-40-19)37-30-29(49-6)31(43-13-10-20(11-14-43)9-12-42(4)5)39-32(38-30)50-26-8-7-22(18-24(26)35)51(47,48)33(2,3)23-16-21(34)17-25(28(23)36)44(45)46/h7-8,15-18,20H,9-14H2,1-6H3,(H2,37,38,39,40,41). The van der Waals surface area contributed by atoms with E-state index in [0.717, 1.165) is 69.2 Å². The number of nitro benzene ring substituents is 1. The van der Waals surface area contributed by atoms with Crippen molar-refractivity contribution in [1.82, 2.24) is 25.1 Å². The Labute approximate surface area is 298 Å². The van der Waals surface area contributed by atoms with Crippen molar-refractivity contribution in [3.8, 4) is 5.75 Å². The van der Waals surface area contributed by atoms with Gasteiger partial charge in [0.1, 0.15) is 11.6 Å². The van der Waals surface area contributed by atoms with E-state index in [1.165, 1.54) is 13.2 Å². The van der Waals surface area contributed by atoms with Crippen molar-refractivity contribution in [2.24, 2.45) is 5.92 Å². The first-order chi connectivity index (χ1) is 24.0. The Hall–Kier alpha value is -4.42. The first-order valence-corrected chi connectivity index (χ1v) is 18.3. The number of ether oxygens (including phenoxy) is 1. The Balaban J connectivity index is 1.47. The minimum Gasteiger partial charge on any atom is -0.490 e. The van der Waals surface area contributed by atoms with Gasteiger partial charge >= 0.3 is 5.69 Å². The topological polar surface area (TPSA) is 159 Å². The van der Waals surface area contributed by atoms with Crippen LogP contribution in [0.25, 0.3) is 0 Å². The maximum absolute atomic E-state index is 15.8. The van der Waals surface area contributed by atoms with Crippen LogP contribution in [0.3, 0.4) is 0 Å². The number of piperidine rings is 1. The van der Waals surface area contributed by atoms with Crippen LogP contribution >= 0.6 is 11.8 Å². The monoisotopic (exact) mass is 748 g/mol. The molecule has 274 valence electrons. The predicted octanol–water partition coefficient (Wildman–Crippen LogP) is 6.61. The van der Waals surface area contributed by atoms with E-state index in [4.69, 9.17) is 9.72 Å². The molecule has 0 radical (unpaired) electrons. The number of nitrogens with zero attached hydrogens (tertiary/aromatic N) is 6. The predicted molar refractivity (Wildman–Crippen MR) is 187 cm³/mol. The molecule has 0 spiro atoms. The second-order valence-electron chi connectivity index (χ2n) is 13.0. The first-order valence-electron chi connectivity index (χ1n) is 16.0. The quantitative estimate of drug-likeness (QED) is 0.0857. The second kappa shape index (κ2) is 15.1. The summed E-state index contributed by atoms with van der Waals surface area (Å²) >= 11 is 0.854. The average Bonchev–Trinajstić information content (AvgIpc) is 3.49. The molecule has 0 amide bonds. The lowest BCUT2D eigenvalue weighted by Crippen LogP contribution is -2.35. The number of aromatic amines is 1. The lowest BCUT2D eigenvalue weighted by molar-refractivity contribution is -0.387. The summed E-state index contributed by atoms with van der Waals surface area (Å²) in [7, 11) is 0.986. The van der Waals surface area contributed by atoms with Crippen LogP contribution in [0.1, 0.15) is 44.4 Å². The number of rotatable bonds is 13. The van der Waals surface area contributed by atoms with Gasteiger partial charge in [-0.2, -0.15) is 9.49 Å². The summed E-state index contributed by atoms with van der Waals surface area (Å²) in [6.45, 7) is 6.39. The molecule has 5 rings (SSSR count). The molecule has 1 saturated heterocycles. The van der Waals surface area contributed by atoms with Crippen molar-refractivity contribution >= 4 is 44.7 Å². The van der Waals surface area contributed by atoms with Crippen LogP contribution in [0.4, 0.5) is 36.3 Å². The Morgan fingerprint density at radius 1 is 1.14 bits per heavy atom. The molecule has 0 saturated carbocycles. The van der Waals surface area contributed by atoms with E-state index >= 15 is 8.78 Å². The van der Waals surface area contributed by atoms with Gasteiger partial charge < -0.3 is 19.9 Å². The van der Waals surface area contributed by atoms with Crippen LogP contribution in [-0.2, 0) is 14.6 Å². The highest BCUT2D eigenvalue weighted by Gasteiger charge is 2.42. The minimum atomic E-state index is -4.62. The van der Waals surface area contributed by atoms with Gasteiger partial charge in [-0.3, -0.25) is 15.2 Å². The van der Waals surface area contributed by atoms with Crippen molar-refractivity contribution < 1.29 is 31.2 Å². The number of nitro groups is 1. The van der Waals surface area contributed by atoms with Crippen LogP contribution in [0.2, 0.25) is 0 Å². The maximum atomic E-state index is 15.8. The van der Waals surface area contributed by atoms with Crippen LogP contribution < -0.4 is 15.0 Å². The van der Waals surface area contributed by atoms with Crippen molar-refractivity contribution in [3.05, 3.63) is 75.2 Å². The number of aryl methyl sites for hydroxylation is 1. The fraction of sp³-hybridized carbons (Fsp3) is 0.424. The maximum Gasteiger partial charge on any atom is 0.308 e. The molecule has 13 nitrogen and oxygen atoms in total. The molecule has 1 fully saturated rings. The smallest absolute Gasteiger partial charge is 0.308 e. The number of benzene rings is 2. The number of sulfone groups is 1. The molecule has 51 heavy (non-hydrogen) atoms. The average molecular weight is 749 g/mol. The molecule has 2 aromatic carbocycles. The fourth-order valence-corrected chi connectivity index (χ4v) is 8.14. The lowest BCUT2D eigenvalue weighted by atomic mass is 9.93. The minimum absolute atomic E-state index is 0.0144. The number of H-pyrrole nitrogens is 1. The highest BCUT2D eigenvalue weighted by Crippen LogP contribution is 2.42. The molecule has 2 N–H and O–H groups in total. The zero-order valence-electron chi connectivity index (χ0n) is 29.0. The Morgan fingerprint density at radius 3 is 2.43 bits per heavy atom. The van der Waals surface area contributed by atoms with Crippen molar-refractivity contribution in [3.63, 3.8) is 0 Å². The molecule has 18 heteroatoms. The molecule has 1 aliphatic rings. The number of halogens is 3. The fourth-order valence-electron chi connectivity index (χ4n) is 5.84. The number of hydrogen-bond acceptors (Lipinski definition) is 12. The lowest BCUT2D eigenvalue weighted by Gasteiger charge is -2.34. The SMILES string of the molecule is COc1c(Nc2cc(C)[nH]n2)nc(Sc2ccc(S(=O)(=O)C(C)(C)c3cc(F)cc([N+](=O)[O-])c3F)cc2F)nc1N1CCC(CCN(C)C)CC1. The summed E-state index contributed by atoms with van der Waals surface area (Å²) in [5, 5.41) is 21.7. The van der Waals surface area contributed by atoms with Gasteiger partial charge in [-0.1, -0.05) is 0 Å². The zero-order chi connectivity index (χ0) is 37.2. The molecule has 1 aliphatic heterocycles. The number of hydrogen-bond donors (Lipinski definition) is 2. The van der Waals surface area contributed by atoms with Crippen molar-refractivity contribution in [2.75, 3.05) is 51.1 Å². The van der Waals surface area contributed by atoms with Gasteiger partial charge in [-0.25, -0.2) is 27.2 Å². The Bertz CT molecular complexity index is 2040. The van der Waals surface area contributed by atoms with Crippen molar-refractivity contribution in [2.45, 2.75) is 59.7 Å². The van der Waals surface area contributed by atoms with E-state index in [-0.39, 0.29) is 10.1 Å². The van der Waals surface area contributed by atoms with Gasteiger partial charge in [0.25, 0.3) is 0 Å². The van der Waals surface area contributed by atoms with E-state index in [1.54, 1.807) is 6.07 Å².